The normalized spacial score (nSPS) is 16.1. The maximum atomic E-state index is 12.8. The molecule has 1 heterocycles. The van der Waals surface area contributed by atoms with Gasteiger partial charge in [0, 0.05) is 31.9 Å². The van der Waals surface area contributed by atoms with Gasteiger partial charge in [0.25, 0.3) is 0 Å². The van der Waals surface area contributed by atoms with E-state index in [1.807, 2.05) is 36.9 Å². The van der Waals surface area contributed by atoms with E-state index in [2.05, 4.69) is 5.32 Å². The molecule has 0 atom stereocenters. The standard InChI is InChI=1S/C20H24ClN3O3S/c1-15-7-8-18(16(2)13-15)22-20(25)14-23-9-11-24(12-10-23)28(26,27)19-6-4-3-5-17(19)21/h3-8,13H,9-12,14H2,1-2H3,(H,22,25). The van der Waals surface area contributed by atoms with Gasteiger partial charge in [-0.05, 0) is 37.6 Å². The minimum absolute atomic E-state index is 0.102. The van der Waals surface area contributed by atoms with E-state index in [1.165, 1.54) is 10.4 Å². The van der Waals surface area contributed by atoms with Crippen molar-refractivity contribution in [3.05, 3.63) is 58.6 Å². The number of halogens is 1. The number of amides is 1. The predicted molar refractivity (Wildman–Crippen MR) is 111 cm³/mol. The molecule has 0 bridgehead atoms. The summed E-state index contributed by atoms with van der Waals surface area (Å²) in [6.45, 7) is 5.83. The van der Waals surface area contributed by atoms with E-state index >= 15 is 0 Å². The molecule has 1 aliphatic rings. The molecule has 6 nitrogen and oxygen atoms in total. The number of sulfonamides is 1. The van der Waals surface area contributed by atoms with Crippen LogP contribution in [0.3, 0.4) is 0 Å². The Labute approximate surface area is 171 Å². The van der Waals surface area contributed by atoms with E-state index in [9.17, 15) is 13.2 Å². The van der Waals surface area contributed by atoms with Crippen LogP contribution >= 0.6 is 11.6 Å². The van der Waals surface area contributed by atoms with E-state index < -0.39 is 10.0 Å². The van der Waals surface area contributed by atoms with Gasteiger partial charge in [-0.2, -0.15) is 4.31 Å². The highest BCUT2D eigenvalue weighted by Gasteiger charge is 2.30. The van der Waals surface area contributed by atoms with Gasteiger partial charge >= 0.3 is 0 Å². The molecule has 2 aromatic carbocycles. The number of carbonyl (C=O) groups is 1. The zero-order chi connectivity index (χ0) is 20.3. The Morgan fingerprint density at radius 1 is 1.07 bits per heavy atom. The second-order valence-electron chi connectivity index (χ2n) is 6.98. The molecule has 0 spiro atoms. The fraction of sp³-hybridized carbons (Fsp3) is 0.350. The largest absolute Gasteiger partial charge is 0.325 e. The Balaban J connectivity index is 1.57. The number of rotatable bonds is 5. The van der Waals surface area contributed by atoms with Crippen molar-refractivity contribution in [2.75, 3.05) is 38.0 Å². The van der Waals surface area contributed by atoms with E-state index in [1.54, 1.807) is 18.2 Å². The molecule has 0 aliphatic carbocycles. The topological polar surface area (TPSA) is 69.7 Å². The van der Waals surface area contributed by atoms with Crippen molar-refractivity contribution in [1.29, 1.82) is 0 Å². The number of hydrogen-bond donors (Lipinski definition) is 1. The van der Waals surface area contributed by atoms with Crippen LogP contribution in [0.5, 0.6) is 0 Å². The van der Waals surface area contributed by atoms with Crippen LogP contribution in [0.15, 0.2) is 47.4 Å². The van der Waals surface area contributed by atoms with Gasteiger partial charge in [-0.1, -0.05) is 41.4 Å². The van der Waals surface area contributed by atoms with Crippen molar-refractivity contribution in [3.8, 4) is 0 Å². The molecule has 1 amide bonds. The third-order valence-electron chi connectivity index (χ3n) is 4.81. The first-order chi connectivity index (χ1) is 13.3. The summed E-state index contributed by atoms with van der Waals surface area (Å²) in [5, 5.41) is 3.15. The van der Waals surface area contributed by atoms with Gasteiger partial charge in [-0.3, -0.25) is 9.69 Å². The monoisotopic (exact) mass is 421 g/mol. The molecule has 2 aromatic rings. The molecule has 0 aromatic heterocycles. The summed E-state index contributed by atoms with van der Waals surface area (Å²) in [5.41, 5.74) is 2.96. The summed E-state index contributed by atoms with van der Waals surface area (Å²) < 4.78 is 27.0. The molecular formula is C20H24ClN3O3S. The summed E-state index contributed by atoms with van der Waals surface area (Å²) in [4.78, 5) is 14.4. The fourth-order valence-electron chi connectivity index (χ4n) is 3.27. The Kier molecular flexibility index (Phi) is 6.40. The summed E-state index contributed by atoms with van der Waals surface area (Å²) in [5.74, 6) is -0.102. The number of nitrogens with zero attached hydrogens (tertiary/aromatic N) is 2. The van der Waals surface area contributed by atoms with Gasteiger partial charge in [0.05, 0.1) is 11.6 Å². The molecule has 150 valence electrons. The summed E-state index contributed by atoms with van der Waals surface area (Å²) in [7, 11) is -3.63. The first kappa shape index (κ1) is 20.8. The van der Waals surface area contributed by atoms with Gasteiger partial charge in [-0.15, -0.1) is 0 Å². The average molecular weight is 422 g/mol. The molecule has 0 radical (unpaired) electrons. The molecule has 8 heteroatoms. The van der Waals surface area contributed by atoms with Gasteiger partial charge in [0.1, 0.15) is 4.90 Å². The second kappa shape index (κ2) is 8.61. The van der Waals surface area contributed by atoms with Crippen LogP contribution in [0.1, 0.15) is 11.1 Å². The number of anilines is 1. The second-order valence-corrected chi connectivity index (χ2v) is 9.29. The summed E-state index contributed by atoms with van der Waals surface area (Å²) in [6, 6.07) is 12.3. The first-order valence-corrected chi connectivity index (χ1v) is 10.9. The van der Waals surface area contributed by atoms with Crippen LogP contribution in [0.25, 0.3) is 0 Å². The first-order valence-electron chi connectivity index (χ1n) is 9.11. The fourth-order valence-corrected chi connectivity index (χ4v) is 5.18. The van der Waals surface area contributed by atoms with Crippen molar-refractivity contribution in [2.24, 2.45) is 0 Å². The number of nitrogens with one attached hydrogen (secondary N) is 1. The lowest BCUT2D eigenvalue weighted by molar-refractivity contribution is -0.117. The highest BCUT2D eigenvalue weighted by Crippen LogP contribution is 2.25. The SMILES string of the molecule is Cc1ccc(NC(=O)CN2CCN(S(=O)(=O)c3ccccc3Cl)CC2)c(C)c1. The van der Waals surface area contributed by atoms with Crippen molar-refractivity contribution >= 4 is 33.2 Å². The highest BCUT2D eigenvalue weighted by molar-refractivity contribution is 7.89. The molecular weight excluding hydrogens is 398 g/mol. The number of hydrogen-bond acceptors (Lipinski definition) is 4. The lowest BCUT2D eigenvalue weighted by Gasteiger charge is -2.33. The molecule has 0 unspecified atom stereocenters. The average Bonchev–Trinajstić information content (AvgIpc) is 2.65. The minimum Gasteiger partial charge on any atom is -0.325 e. The summed E-state index contributed by atoms with van der Waals surface area (Å²) in [6.07, 6.45) is 0. The number of aryl methyl sites for hydroxylation is 2. The van der Waals surface area contributed by atoms with Gasteiger partial charge in [0.15, 0.2) is 0 Å². The maximum Gasteiger partial charge on any atom is 0.244 e. The molecule has 28 heavy (non-hydrogen) atoms. The van der Waals surface area contributed by atoms with Crippen molar-refractivity contribution < 1.29 is 13.2 Å². The number of benzene rings is 2. The number of piperazine rings is 1. The van der Waals surface area contributed by atoms with Crippen LogP contribution < -0.4 is 5.32 Å². The quantitative estimate of drug-likeness (QED) is 0.805. The molecule has 1 N–H and O–H groups in total. The van der Waals surface area contributed by atoms with E-state index in [4.69, 9.17) is 11.6 Å². The Morgan fingerprint density at radius 2 is 1.75 bits per heavy atom. The Bertz CT molecular complexity index is 970. The zero-order valence-corrected chi connectivity index (χ0v) is 17.6. The Hall–Kier alpha value is -1.93. The van der Waals surface area contributed by atoms with E-state index in [0.717, 1.165) is 16.8 Å². The maximum absolute atomic E-state index is 12.8. The molecule has 1 fully saturated rings. The molecule has 1 aliphatic heterocycles. The number of carbonyl (C=O) groups excluding carboxylic acids is 1. The van der Waals surface area contributed by atoms with Gasteiger partial charge < -0.3 is 5.32 Å². The van der Waals surface area contributed by atoms with Crippen molar-refractivity contribution in [2.45, 2.75) is 18.7 Å². The van der Waals surface area contributed by atoms with Crippen LogP contribution in [-0.2, 0) is 14.8 Å². The van der Waals surface area contributed by atoms with Crippen LogP contribution in [-0.4, -0.2) is 56.3 Å². The minimum atomic E-state index is -3.63. The van der Waals surface area contributed by atoms with E-state index in [0.29, 0.717) is 26.2 Å². The van der Waals surface area contributed by atoms with Gasteiger partial charge in [0.2, 0.25) is 15.9 Å². The van der Waals surface area contributed by atoms with Crippen LogP contribution in [0.2, 0.25) is 5.02 Å². The van der Waals surface area contributed by atoms with E-state index in [-0.39, 0.29) is 22.4 Å². The van der Waals surface area contributed by atoms with Crippen LogP contribution in [0.4, 0.5) is 5.69 Å². The zero-order valence-electron chi connectivity index (χ0n) is 16.0. The molecule has 0 saturated carbocycles. The third kappa shape index (κ3) is 4.72. The third-order valence-corrected chi connectivity index (χ3v) is 7.21. The highest BCUT2D eigenvalue weighted by atomic mass is 35.5. The molecule has 1 saturated heterocycles. The lowest BCUT2D eigenvalue weighted by atomic mass is 10.1. The Morgan fingerprint density at radius 3 is 2.39 bits per heavy atom. The van der Waals surface area contributed by atoms with Crippen LogP contribution in [0, 0.1) is 13.8 Å². The molecule has 3 rings (SSSR count). The van der Waals surface area contributed by atoms with Crippen molar-refractivity contribution in [1.82, 2.24) is 9.21 Å². The van der Waals surface area contributed by atoms with Crippen molar-refractivity contribution in [3.63, 3.8) is 0 Å². The predicted octanol–water partition coefficient (Wildman–Crippen LogP) is 2.90. The smallest absolute Gasteiger partial charge is 0.244 e. The lowest BCUT2D eigenvalue weighted by Crippen LogP contribution is -2.50. The summed E-state index contributed by atoms with van der Waals surface area (Å²) >= 11 is 6.06. The van der Waals surface area contributed by atoms with Gasteiger partial charge in [-0.25, -0.2) is 8.42 Å².